The van der Waals surface area contributed by atoms with Crippen molar-refractivity contribution in [2.75, 3.05) is 5.75 Å². The van der Waals surface area contributed by atoms with Crippen LogP contribution in [0.25, 0.3) is 0 Å². The Morgan fingerprint density at radius 3 is 2.00 bits per heavy atom. The first-order chi connectivity index (χ1) is 6.97. The van der Waals surface area contributed by atoms with Crippen LogP contribution in [0.4, 0.5) is 13.2 Å². The number of aliphatic carboxylic acids is 1. The van der Waals surface area contributed by atoms with Crippen molar-refractivity contribution in [2.45, 2.75) is 31.7 Å². The lowest BCUT2D eigenvalue weighted by Crippen LogP contribution is -2.37. The van der Waals surface area contributed by atoms with Crippen molar-refractivity contribution in [3.05, 3.63) is 0 Å². The highest BCUT2D eigenvalue weighted by Crippen LogP contribution is 2.23. The van der Waals surface area contributed by atoms with E-state index < -0.39 is 45.3 Å². The monoisotopic (exact) mass is 262 g/mol. The molecule has 8 heteroatoms. The molecule has 96 valence electrons. The van der Waals surface area contributed by atoms with Crippen molar-refractivity contribution < 1.29 is 31.5 Å². The van der Waals surface area contributed by atoms with E-state index in [1.807, 2.05) is 0 Å². The van der Waals surface area contributed by atoms with Gasteiger partial charge in [0.15, 0.2) is 15.1 Å². The summed E-state index contributed by atoms with van der Waals surface area (Å²) in [5, 5.41) is 6.87. The summed E-state index contributed by atoms with van der Waals surface area (Å²) >= 11 is 0. The van der Waals surface area contributed by atoms with Crippen LogP contribution in [-0.2, 0) is 14.6 Å². The molecule has 0 aliphatic heterocycles. The van der Waals surface area contributed by atoms with Gasteiger partial charge < -0.3 is 5.11 Å². The maximum atomic E-state index is 11.8. The minimum atomic E-state index is -4.60. The van der Waals surface area contributed by atoms with E-state index in [0.29, 0.717) is 0 Å². The van der Waals surface area contributed by atoms with Gasteiger partial charge in [-0.25, -0.2) is 8.42 Å². The van der Waals surface area contributed by atoms with Gasteiger partial charge in [0.05, 0.1) is 12.2 Å². The van der Waals surface area contributed by atoms with E-state index in [1.54, 1.807) is 0 Å². The molecule has 0 fully saturated rings. The largest absolute Gasteiger partial charge is 0.480 e. The molecule has 1 atom stereocenters. The van der Waals surface area contributed by atoms with Gasteiger partial charge in [0.25, 0.3) is 0 Å². The van der Waals surface area contributed by atoms with Crippen molar-refractivity contribution in [2.24, 2.45) is 5.92 Å². The fourth-order valence-corrected chi connectivity index (χ4v) is 3.14. The number of halogens is 3. The van der Waals surface area contributed by atoms with Gasteiger partial charge in [0, 0.05) is 0 Å². The first kappa shape index (κ1) is 15.2. The SMILES string of the molecule is CC(C)C(C(=O)O)S(=O)(=O)CCC(F)(F)F. The second kappa shape index (κ2) is 5.03. The van der Waals surface area contributed by atoms with Crippen molar-refractivity contribution in [1.29, 1.82) is 0 Å². The summed E-state index contributed by atoms with van der Waals surface area (Å²) in [7, 11) is -4.27. The van der Waals surface area contributed by atoms with Crippen molar-refractivity contribution >= 4 is 15.8 Å². The first-order valence-electron chi connectivity index (χ1n) is 4.48. The summed E-state index contributed by atoms with van der Waals surface area (Å²) in [5.74, 6) is -3.57. The molecule has 0 saturated heterocycles. The molecule has 0 aliphatic carbocycles. The third-order valence-electron chi connectivity index (χ3n) is 1.91. The van der Waals surface area contributed by atoms with Gasteiger partial charge in [-0.2, -0.15) is 13.2 Å². The maximum absolute atomic E-state index is 11.8. The molecule has 1 unspecified atom stereocenters. The Kier molecular flexibility index (Phi) is 4.78. The van der Waals surface area contributed by atoms with Crippen LogP contribution < -0.4 is 0 Å². The molecule has 0 amide bonds. The molecule has 0 saturated carbocycles. The zero-order chi connectivity index (χ0) is 13.1. The summed E-state index contributed by atoms with van der Waals surface area (Å²) in [5.41, 5.74) is 0. The molecule has 0 aromatic heterocycles. The smallest absolute Gasteiger partial charge is 0.390 e. The van der Waals surface area contributed by atoms with Gasteiger partial charge >= 0.3 is 12.1 Å². The molecule has 16 heavy (non-hydrogen) atoms. The Morgan fingerprint density at radius 1 is 1.31 bits per heavy atom. The molecule has 0 aromatic carbocycles. The topological polar surface area (TPSA) is 71.4 Å². The lowest BCUT2D eigenvalue weighted by Gasteiger charge is -2.17. The predicted octanol–water partition coefficient (Wildman–Crippen LogP) is 1.46. The third-order valence-corrected chi connectivity index (χ3v) is 4.20. The Bertz CT molecular complexity index is 345. The minimum absolute atomic E-state index is 0.768. The zero-order valence-corrected chi connectivity index (χ0v) is 9.60. The molecule has 1 N–H and O–H groups in total. The van der Waals surface area contributed by atoms with E-state index in [2.05, 4.69) is 0 Å². The average Bonchev–Trinajstić information content (AvgIpc) is 1.97. The van der Waals surface area contributed by atoms with Crippen LogP contribution >= 0.6 is 0 Å². The van der Waals surface area contributed by atoms with Crippen LogP contribution in [0.15, 0.2) is 0 Å². The number of carboxylic acid groups (broad SMARTS) is 1. The number of rotatable bonds is 5. The van der Waals surface area contributed by atoms with Gasteiger partial charge in [0.1, 0.15) is 0 Å². The number of alkyl halides is 3. The van der Waals surface area contributed by atoms with E-state index in [0.717, 1.165) is 0 Å². The lowest BCUT2D eigenvalue weighted by atomic mass is 10.1. The molecule has 0 heterocycles. The van der Waals surface area contributed by atoms with Gasteiger partial charge in [-0.15, -0.1) is 0 Å². The number of carboxylic acids is 1. The molecule has 0 aliphatic rings. The summed E-state index contributed by atoms with van der Waals surface area (Å²) in [6.45, 7) is 2.67. The third kappa shape index (κ3) is 4.82. The summed E-state index contributed by atoms with van der Waals surface area (Å²) in [6, 6.07) is 0. The number of hydrogen-bond donors (Lipinski definition) is 1. The average molecular weight is 262 g/mol. The molecule has 0 bridgehead atoms. The summed E-state index contributed by atoms with van der Waals surface area (Å²) in [6.07, 6.45) is -6.13. The van der Waals surface area contributed by atoms with E-state index >= 15 is 0 Å². The van der Waals surface area contributed by atoms with Crippen LogP contribution in [-0.4, -0.2) is 36.7 Å². The molecule has 0 radical (unpaired) electrons. The Morgan fingerprint density at radius 2 is 1.75 bits per heavy atom. The van der Waals surface area contributed by atoms with Crippen LogP contribution in [0.2, 0.25) is 0 Å². The van der Waals surface area contributed by atoms with Crippen LogP contribution in [0.3, 0.4) is 0 Å². The Balaban J connectivity index is 4.83. The molecular weight excluding hydrogens is 249 g/mol. The minimum Gasteiger partial charge on any atom is -0.480 e. The van der Waals surface area contributed by atoms with E-state index in [1.165, 1.54) is 13.8 Å². The summed E-state index contributed by atoms with van der Waals surface area (Å²) in [4.78, 5) is 10.7. The van der Waals surface area contributed by atoms with Crippen molar-refractivity contribution in [3.8, 4) is 0 Å². The maximum Gasteiger partial charge on any atom is 0.390 e. The van der Waals surface area contributed by atoms with E-state index in [4.69, 9.17) is 5.11 Å². The van der Waals surface area contributed by atoms with Crippen LogP contribution in [0.5, 0.6) is 0 Å². The van der Waals surface area contributed by atoms with Crippen molar-refractivity contribution in [1.82, 2.24) is 0 Å². The predicted molar refractivity (Wildman–Crippen MR) is 50.7 cm³/mol. The van der Waals surface area contributed by atoms with Crippen molar-refractivity contribution in [3.63, 3.8) is 0 Å². The highest BCUT2D eigenvalue weighted by molar-refractivity contribution is 7.92. The second-order valence-electron chi connectivity index (χ2n) is 3.74. The summed E-state index contributed by atoms with van der Waals surface area (Å²) < 4.78 is 58.3. The Hall–Kier alpha value is -0.790. The quantitative estimate of drug-likeness (QED) is 0.814. The molecule has 0 aromatic rings. The standard InChI is InChI=1S/C8H13F3O4S/c1-5(2)6(7(12)13)16(14,15)4-3-8(9,10)11/h5-6H,3-4H2,1-2H3,(H,12,13). The second-order valence-corrected chi connectivity index (χ2v) is 5.98. The highest BCUT2D eigenvalue weighted by atomic mass is 32.2. The lowest BCUT2D eigenvalue weighted by molar-refractivity contribution is -0.137. The highest BCUT2D eigenvalue weighted by Gasteiger charge is 2.38. The number of sulfone groups is 1. The van der Waals surface area contributed by atoms with Crippen LogP contribution in [0.1, 0.15) is 20.3 Å². The normalized spacial score (nSPS) is 15.1. The molecule has 4 nitrogen and oxygen atoms in total. The van der Waals surface area contributed by atoms with Gasteiger partial charge in [-0.3, -0.25) is 4.79 Å². The zero-order valence-electron chi connectivity index (χ0n) is 8.78. The van der Waals surface area contributed by atoms with Gasteiger partial charge in [-0.05, 0) is 5.92 Å². The van der Waals surface area contributed by atoms with Gasteiger partial charge in [-0.1, -0.05) is 13.8 Å². The van der Waals surface area contributed by atoms with Gasteiger partial charge in [0.2, 0.25) is 0 Å². The first-order valence-corrected chi connectivity index (χ1v) is 6.20. The molecule has 0 spiro atoms. The molecule has 0 rings (SSSR count). The number of carbonyl (C=O) groups is 1. The Labute approximate surface area is 91.4 Å². The van der Waals surface area contributed by atoms with E-state index in [-0.39, 0.29) is 0 Å². The molecular formula is C8H13F3O4S. The van der Waals surface area contributed by atoms with Crippen LogP contribution in [0, 0.1) is 5.92 Å². The fourth-order valence-electron chi connectivity index (χ4n) is 1.24. The van der Waals surface area contributed by atoms with E-state index in [9.17, 15) is 26.4 Å². The fraction of sp³-hybridized carbons (Fsp3) is 0.875. The number of hydrogen-bond acceptors (Lipinski definition) is 3.